The number of pyridine rings is 1. The van der Waals surface area contributed by atoms with E-state index in [1.807, 2.05) is 35.9 Å². The summed E-state index contributed by atoms with van der Waals surface area (Å²) in [6.07, 6.45) is 7.00. The third-order valence-electron chi connectivity index (χ3n) is 5.86. The standard InChI is InChI=1S/C24H27N7O2/c1-14-10-30(11-15(2)27-14)19-6-5-18(21-22(19)26-8-7-25-21)24(32)29-17-9-20(33-4)23-28-16(3)12-31(23)13-17/h5-9,12-15,27H,10-11H2,1-4H3,(H,29,32)/t14-,15+. The van der Waals surface area contributed by atoms with Crippen LogP contribution in [0.3, 0.4) is 0 Å². The summed E-state index contributed by atoms with van der Waals surface area (Å²) in [6.45, 7) is 7.99. The number of nitrogens with zero attached hydrogens (tertiary/aromatic N) is 5. The molecule has 0 bridgehead atoms. The van der Waals surface area contributed by atoms with Gasteiger partial charge < -0.3 is 24.7 Å². The molecule has 0 unspecified atom stereocenters. The maximum atomic E-state index is 13.3. The first-order valence-electron chi connectivity index (χ1n) is 11.0. The van der Waals surface area contributed by atoms with Crippen LogP contribution in [0, 0.1) is 6.92 Å². The average molecular weight is 446 g/mol. The number of hydrogen-bond donors (Lipinski definition) is 2. The van der Waals surface area contributed by atoms with Gasteiger partial charge in [-0.25, -0.2) is 4.98 Å². The molecule has 33 heavy (non-hydrogen) atoms. The number of carbonyl (C=O) groups excluding carboxylic acids is 1. The van der Waals surface area contributed by atoms with Crippen LogP contribution in [0.1, 0.15) is 29.9 Å². The molecule has 2 N–H and O–H groups in total. The summed E-state index contributed by atoms with van der Waals surface area (Å²) < 4.78 is 7.32. The topological polar surface area (TPSA) is 96.7 Å². The number of aromatic nitrogens is 4. The van der Waals surface area contributed by atoms with Gasteiger partial charge in [-0.15, -0.1) is 0 Å². The highest BCUT2D eigenvalue weighted by Gasteiger charge is 2.24. The van der Waals surface area contributed by atoms with Crippen molar-refractivity contribution in [3.05, 3.63) is 54.2 Å². The molecule has 0 spiro atoms. The molecule has 0 aliphatic carbocycles. The van der Waals surface area contributed by atoms with Gasteiger partial charge in [-0.2, -0.15) is 0 Å². The predicted octanol–water partition coefficient (Wildman–Crippen LogP) is 3.03. The van der Waals surface area contributed by atoms with Gasteiger partial charge in [0.25, 0.3) is 5.91 Å². The van der Waals surface area contributed by atoms with Crippen molar-refractivity contribution in [2.75, 3.05) is 30.4 Å². The Morgan fingerprint density at radius 3 is 2.58 bits per heavy atom. The number of nitrogens with one attached hydrogen (secondary N) is 2. The molecular formula is C24H27N7O2. The molecule has 4 heterocycles. The second kappa shape index (κ2) is 8.32. The first kappa shape index (κ1) is 21.1. The van der Waals surface area contributed by atoms with Crippen LogP contribution < -0.4 is 20.3 Å². The lowest BCUT2D eigenvalue weighted by molar-refractivity contribution is 0.102. The Hall–Kier alpha value is -3.72. The van der Waals surface area contributed by atoms with Gasteiger partial charge in [0.05, 0.1) is 29.7 Å². The number of ether oxygens (including phenoxy) is 1. The molecule has 1 saturated heterocycles. The van der Waals surface area contributed by atoms with Gasteiger partial charge >= 0.3 is 0 Å². The minimum Gasteiger partial charge on any atom is -0.493 e. The predicted molar refractivity (Wildman–Crippen MR) is 128 cm³/mol. The highest BCUT2D eigenvalue weighted by Crippen LogP contribution is 2.29. The zero-order chi connectivity index (χ0) is 23.1. The van der Waals surface area contributed by atoms with Gasteiger partial charge in [0, 0.05) is 56.0 Å². The maximum absolute atomic E-state index is 13.3. The zero-order valence-electron chi connectivity index (χ0n) is 19.2. The van der Waals surface area contributed by atoms with E-state index in [-0.39, 0.29) is 5.91 Å². The van der Waals surface area contributed by atoms with E-state index in [1.54, 1.807) is 25.6 Å². The van der Waals surface area contributed by atoms with E-state index in [4.69, 9.17) is 4.74 Å². The van der Waals surface area contributed by atoms with E-state index in [2.05, 4.69) is 44.3 Å². The van der Waals surface area contributed by atoms with Crippen LogP contribution in [0.4, 0.5) is 11.4 Å². The van der Waals surface area contributed by atoms with Crippen molar-refractivity contribution in [1.29, 1.82) is 0 Å². The average Bonchev–Trinajstić information content (AvgIpc) is 3.17. The number of piperazine rings is 1. The Balaban J connectivity index is 1.50. The van der Waals surface area contributed by atoms with Crippen LogP contribution >= 0.6 is 0 Å². The van der Waals surface area contributed by atoms with Crippen LogP contribution in [0.5, 0.6) is 5.75 Å². The van der Waals surface area contributed by atoms with Crippen LogP contribution in [0.25, 0.3) is 16.7 Å². The molecule has 0 radical (unpaired) electrons. The minimum atomic E-state index is -0.257. The Bertz CT molecular complexity index is 1340. The summed E-state index contributed by atoms with van der Waals surface area (Å²) in [7, 11) is 1.59. The lowest BCUT2D eigenvalue weighted by Crippen LogP contribution is -2.54. The van der Waals surface area contributed by atoms with E-state index in [0.29, 0.717) is 40.2 Å². The second-order valence-corrected chi connectivity index (χ2v) is 8.62. The van der Waals surface area contributed by atoms with Gasteiger partial charge in [-0.3, -0.25) is 14.8 Å². The zero-order valence-corrected chi connectivity index (χ0v) is 19.2. The van der Waals surface area contributed by atoms with Crippen molar-refractivity contribution >= 4 is 34.0 Å². The highest BCUT2D eigenvalue weighted by molar-refractivity contribution is 6.13. The minimum absolute atomic E-state index is 0.257. The third kappa shape index (κ3) is 3.95. The summed E-state index contributed by atoms with van der Waals surface area (Å²) in [5.74, 6) is 0.329. The second-order valence-electron chi connectivity index (χ2n) is 8.62. The van der Waals surface area contributed by atoms with Crippen molar-refractivity contribution in [1.82, 2.24) is 24.7 Å². The van der Waals surface area contributed by atoms with Crippen molar-refractivity contribution in [3.63, 3.8) is 0 Å². The maximum Gasteiger partial charge on any atom is 0.257 e. The molecule has 5 rings (SSSR count). The lowest BCUT2D eigenvalue weighted by atomic mass is 10.1. The SMILES string of the molecule is COc1cc(NC(=O)c2ccc(N3C[C@@H](C)N[C@@H](C)C3)c3nccnc23)cn2cc(C)nc12. The number of imidazole rings is 1. The fourth-order valence-electron chi connectivity index (χ4n) is 4.61. The fraction of sp³-hybridized carbons (Fsp3) is 0.333. The van der Waals surface area contributed by atoms with E-state index in [1.165, 1.54) is 0 Å². The van der Waals surface area contributed by atoms with Crippen molar-refractivity contribution in [3.8, 4) is 5.75 Å². The highest BCUT2D eigenvalue weighted by atomic mass is 16.5. The van der Waals surface area contributed by atoms with Crippen molar-refractivity contribution in [2.45, 2.75) is 32.9 Å². The van der Waals surface area contributed by atoms with Crippen molar-refractivity contribution in [2.24, 2.45) is 0 Å². The third-order valence-corrected chi connectivity index (χ3v) is 5.86. The molecule has 1 aliphatic heterocycles. The first-order valence-corrected chi connectivity index (χ1v) is 11.0. The van der Waals surface area contributed by atoms with Crippen LogP contribution in [0.15, 0.2) is 43.0 Å². The fourth-order valence-corrected chi connectivity index (χ4v) is 4.61. The van der Waals surface area contributed by atoms with Gasteiger partial charge in [0.15, 0.2) is 11.4 Å². The van der Waals surface area contributed by atoms with Gasteiger partial charge in [0.1, 0.15) is 11.0 Å². The lowest BCUT2D eigenvalue weighted by Gasteiger charge is -2.38. The molecular weight excluding hydrogens is 418 g/mol. The number of anilines is 2. The Morgan fingerprint density at radius 2 is 1.85 bits per heavy atom. The van der Waals surface area contributed by atoms with Crippen LogP contribution in [0.2, 0.25) is 0 Å². The largest absolute Gasteiger partial charge is 0.493 e. The molecule has 9 nitrogen and oxygen atoms in total. The van der Waals surface area contributed by atoms with E-state index in [0.717, 1.165) is 30.0 Å². The van der Waals surface area contributed by atoms with Gasteiger partial charge in [0.2, 0.25) is 0 Å². The smallest absolute Gasteiger partial charge is 0.257 e. The van der Waals surface area contributed by atoms with Crippen molar-refractivity contribution < 1.29 is 9.53 Å². The number of aryl methyl sites for hydroxylation is 1. The van der Waals surface area contributed by atoms with Crippen LogP contribution in [-0.2, 0) is 0 Å². The number of rotatable bonds is 4. The number of benzene rings is 1. The summed E-state index contributed by atoms with van der Waals surface area (Å²) in [4.78, 5) is 29.2. The van der Waals surface area contributed by atoms with Crippen LogP contribution in [-0.4, -0.2) is 57.5 Å². The number of fused-ring (bicyclic) bond motifs is 2. The van der Waals surface area contributed by atoms with E-state index < -0.39 is 0 Å². The Morgan fingerprint density at radius 1 is 1.12 bits per heavy atom. The summed E-state index contributed by atoms with van der Waals surface area (Å²) in [5, 5.41) is 6.53. The molecule has 1 aliphatic rings. The molecule has 1 fully saturated rings. The van der Waals surface area contributed by atoms with Gasteiger partial charge in [-0.1, -0.05) is 0 Å². The molecule has 9 heteroatoms. The normalized spacial score (nSPS) is 18.6. The number of methoxy groups -OCH3 is 1. The number of carbonyl (C=O) groups is 1. The number of amides is 1. The summed E-state index contributed by atoms with van der Waals surface area (Å²) in [5.41, 5.74) is 4.94. The molecule has 3 aromatic heterocycles. The molecule has 2 atom stereocenters. The summed E-state index contributed by atoms with van der Waals surface area (Å²) in [6, 6.07) is 6.29. The monoisotopic (exact) mass is 445 g/mol. The first-order chi connectivity index (χ1) is 15.9. The Labute approximate surface area is 191 Å². The quantitative estimate of drug-likeness (QED) is 0.498. The summed E-state index contributed by atoms with van der Waals surface area (Å²) >= 11 is 0. The Kier molecular flexibility index (Phi) is 5.33. The van der Waals surface area contributed by atoms with Gasteiger partial charge in [-0.05, 0) is 32.9 Å². The van der Waals surface area contributed by atoms with E-state index in [9.17, 15) is 4.79 Å². The molecule has 1 amide bonds. The molecule has 170 valence electrons. The molecule has 1 aromatic carbocycles. The molecule has 4 aromatic rings. The number of hydrogen-bond acceptors (Lipinski definition) is 7. The molecule has 0 saturated carbocycles. The van der Waals surface area contributed by atoms with E-state index >= 15 is 0 Å².